The van der Waals surface area contributed by atoms with Crippen molar-refractivity contribution in [3.05, 3.63) is 12.2 Å². The van der Waals surface area contributed by atoms with Crippen LogP contribution in [-0.2, 0) is 9.53 Å². The van der Waals surface area contributed by atoms with Crippen LogP contribution in [0.4, 0.5) is 0 Å². The van der Waals surface area contributed by atoms with Crippen LogP contribution in [0.5, 0.6) is 0 Å². The lowest BCUT2D eigenvalue weighted by Crippen LogP contribution is -2.33. The van der Waals surface area contributed by atoms with Crippen molar-refractivity contribution < 1.29 is 14.6 Å². The van der Waals surface area contributed by atoms with Gasteiger partial charge >= 0.3 is 5.97 Å². The van der Waals surface area contributed by atoms with Crippen LogP contribution in [0.2, 0.25) is 0 Å². The molecule has 0 amide bonds. The summed E-state index contributed by atoms with van der Waals surface area (Å²) in [6, 6.07) is 0.149. The number of hydrogen-bond donors (Lipinski definition) is 2. The molecule has 0 aliphatic carbocycles. The maximum atomic E-state index is 10.4. The summed E-state index contributed by atoms with van der Waals surface area (Å²) in [5.41, 5.74) is 0.170. The number of carbonyl (C=O) groups is 1. The lowest BCUT2D eigenvalue weighted by molar-refractivity contribution is -0.132. The van der Waals surface area contributed by atoms with Gasteiger partial charge in [0.15, 0.2) is 0 Å². The minimum Gasteiger partial charge on any atom is -0.478 e. The molecule has 0 aromatic carbocycles. The molecule has 0 saturated heterocycles. The van der Waals surface area contributed by atoms with Crippen molar-refractivity contribution in [2.75, 3.05) is 19.8 Å². The molecule has 0 spiro atoms. The van der Waals surface area contributed by atoms with Gasteiger partial charge in [-0.1, -0.05) is 6.58 Å². The van der Waals surface area contributed by atoms with E-state index >= 15 is 0 Å². The summed E-state index contributed by atoms with van der Waals surface area (Å²) in [5, 5.41) is 11.5. The maximum Gasteiger partial charge on any atom is 0.332 e. The summed E-state index contributed by atoms with van der Waals surface area (Å²) < 4.78 is 5.15. The topological polar surface area (TPSA) is 58.6 Å². The molecule has 1 atom stereocenters. The quantitative estimate of drug-likeness (QED) is 0.574. The van der Waals surface area contributed by atoms with Crippen molar-refractivity contribution in [2.45, 2.75) is 19.9 Å². The highest BCUT2D eigenvalue weighted by molar-refractivity contribution is 5.86. The Balaban J connectivity index is 3.51. The highest BCUT2D eigenvalue weighted by atomic mass is 16.5. The van der Waals surface area contributed by atoms with E-state index in [4.69, 9.17) is 9.84 Å². The van der Waals surface area contributed by atoms with Gasteiger partial charge < -0.3 is 15.2 Å². The Morgan fingerprint density at radius 2 is 2.31 bits per heavy atom. The van der Waals surface area contributed by atoms with Crippen molar-refractivity contribution in [2.24, 2.45) is 0 Å². The largest absolute Gasteiger partial charge is 0.478 e. The Kier molecular flexibility index (Phi) is 6.18. The first kappa shape index (κ1) is 12.1. The number of carboxylic acids is 1. The molecular formula is C9H17NO3. The minimum absolute atomic E-state index is 0.149. The van der Waals surface area contributed by atoms with Gasteiger partial charge in [0.1, 0.15) is 0 Å². The molecule has 2 N–H and O–H groups in total. The summed E-state index contributed by atoms with van der Waals surface area (Å²) in [5.74, 6) is -0.962. The second-order valence-electron chi connectivity index (χ2n) is 2.85. The van der Waals surface area contributed by atoms with E-state index in [-0.39, 0.29) is 11.6 Å². The smallest absolute Gasteiger partial charge is 0.332 e. The zero-order valence-corrected chi connectivity index (χ0v) is 8.17. The van der Waals surface area contributed by atoms with Crippen molar-refractivity contribution in [1.82, 2.24) is 5.32 Å². The molecule has 0 radical (unpaired) electrons. The number of nitrogens with one attached hydrogen (secondary N) is 1. The zero-order valence-electron chi connectivity index (χ0n) is 8.17. The third-order valence-electron chi connectivity index (χ3n) is 1.54. The van der Waals surface area contributed by atoms with Gasteiger partial charge in [0, 0.05) is 24.8 Å². The summed E-state index contributed by atoms with van der Waals surface area (Å²) in [6.07, 6.45) is 0. The van der Waals surface area contributed by atoms with E-state index in [1.165, 1.54) is 0 Å². The van der Waals surface area contributed by atoms with Crippen molar-refractivity contribution in [1.29, 1.82) is 0 Å². The Morgan fingerprint density at radius 1 is 1.69 bits per heavy atom. The van der Waals surface area contributed by atoms with E-state index in [0.717, 1.165) is 0 Å². The van der Waals surface area contributed by atoms with E-state index in [2.05, 4.69) is 11.9 Å². The van der Waals surface area contributed by atoms with E-state index in [0.29, 0.717) is 19.8 Å². The molecular weight excluding hydrogens is 170 g/mol. The van der Waals surface area contributed by atoms with Crippen molar-refractivity contribution >= 4 is 5.97 Å². The molecule has 0 aromatic rings. The van der Waals surface area contributed by atoms with Crippen LogP contribution < -0.4 is 5.32 Å². The first-order chi connectivity index (χ1) is 6.07. The van der Waals surface area contributed by atoms with Gasteiger partial charge in [0.05, 0.1) is 6.61 Å². The van der Waals surface area contributed by atoms with E-state index in [9.17, 15) is 4.79 Å². The maximum absolute atomic E-state index is 10.4. The highest BCUT2D eigenvalue weighted by Crippen LogP contribution is 1.90. The first-order valence-electron chi connectivity index (χ1n) is 4.30. The third-order valence-corrected chi connectivity index (χ3v) is 1.54. The molecule has 0 fully saturated rings. The number of ether oxygens (including phenoxy) is 1. The SMILES string of the molecule is C=C(CNC(C)COCC)C(=O)O. The van der Waals surface area contributed by atoms with Gasteiger partial charge in [0.2, 0.25) is 0 Å². The summed E-state index contributed by atoms with van der Waals surface area (Å²) in [4.78, 5) is 10.4. The second kappa shape index (κ2) is 6.62. The average Bonchev–Trinajstić information content (AvgIpc) is 2.10. The minimum atomic E-state index is -0.962. The molecule has 76 valence electrons. The summed E-state index contributed by atoms with van der Waals surface area (Å²) in [6.45, 7) is 8.81. The zero-order chi connectivity index (χ0) is 10.3. The molecule has 0 aromatic heterocycles. The summed E-state index contributed by atoms with van der Waals surface area (Å²) in [7, 11) is 0. The van der Waals surface area contributed by atoms with Gasteiger partial charge in [0.25, 0.3) is 0 Å². The number of hydrogen-bond acceptors (Lipinski definition) is 3. The molecule has 4 heteroatoms. The average molecular weight is 187 g/mol. The van der Waals surface area contributed by atoms with Gasteiger partial charge in [-0.25, -0.2) is 4.79 Å². The molecule has 0 saturated carbocycles. The van der Waals surface area contributed by atoms with Gasteiger partial charge in [-0.05, 0) is 13.8 Å². The van der Waals surface area contributed by atoms with E-state index < -0.39 is 5.97 Å². The summed E-state index contributed by atoms with van der Waals surface area (Å²) >= 11 is 0. The molecule has 0 heterocycles. The van der Waals surface area contributed by atoms with Crippen LogP contribution >= 0.6 is 0 Å². The fourth-order valence-electron chi connectivity index (χ4n) is 0.727. The predicted molar refractivity (Wildman–Crippen MR) is 50.7 cm³/mol. The lowest BCUT2D eigenvalue weighted by Gasteiger charge is -2.12. The number of aliphatic carboxylic acids is 1. The molecule has 0 rings (SSSR count). The van der Waals surface area contributed by atoms with Gasteiger partial charge in [-0.15, -0.1) is 0 Å². The third kappa shape index (κ3) is 6.31. The van der Waals surface area contributed by atoms with Gasteiger partial charge in [-0.2, -0.15) is 0 Å². The van der Waals surface area contributed by atoms with Crippen LogP contribution in [0.1, 0.15) is 13.8 Å². The Morgan fingerprint density at radius 3 is 2.77 bits per heavy atom. The van der Waals surface area contributed by atoms with E-state index in [1.807, 2.05) is 13.8 Å². The first-order valence-corrected chi connectivity index (χ1v) is 4.30. The molecule has 0 bridgehead atoms. The van der Waals surface area contributed by atoms with E-state index in [1.54, 1.807) is 0 Å². The van der Waals surface area contributed by atoms with Crippen LogP contribution in [0.3, 0.4) is 0 Å². The van der Waals surface area contributed by atoms with Crippen molar-refractivity contribution in [3.63, 3.8) is 0 Å². The molecule has 4 nitrogen and oxygen atoms in total. The molecule has 13 heavy (non-hydrogen) atoms. The fourth-order valence-corrected chi connectivity index (χ4v) is 0.727. The number of carboxylic acid groups (broad SMARTS) is 1. The second-order valence-corrected chi connectivity index (χ2v) is 2.85. The molecule has 0 aliphatic heterocycles. The lowest BCUT2D eigenvalue weighted by atomic mass is 10.3. The van der Waals surface area contributed by atoms with Crippen LogP contribution in [0, 0.1) is 0 Å². The van der Waals surface area contributed by atoms with Crippen LogP contribution in [0.15, 0.2) is 12.2 Å². The fraction of sp³-hybridized carbons (Fsp3) is 0.667. The standard InChI is InChI=1S/C9H17NO3/c1-4-13-6-8(3)10-5-7(2)9(11)12/h8,10H,2,4-6H2,1,3H3,(H,11,12). The van der Waals surface area contributed by atoms with Gasteiger partial charge in [-0.3, -0.25) is 0 Å². The Hall–Kier alpha value is -0.870. The van der Waals surface area contributed by atoms with Crippen molar-refractivity contribution in [3.8, 4) is 0 Å². The molecule has 0 aliphatic rings. The molecule has 1 unspecified atom stereocenters. The normalized spacial score (nSPS) is 12.5. The Labute approximate surface area is 78.6 Å². The highest BCUT2D eigenvalue weighted by Gasteiger charge is 2.05. The predicted octanol–water partition coefficient (Wildman–Crippen LogP) is 0.642. The van der Waals surface area contributed by atoms with Crippen LogP contribution in [-0.4, -0.2) is 36.9 Å². The monoisotopic (exact) mass is 187 g/mol. The number of rotatable bonds is 7. The van der Waals surface area contributed by atoms with Crippen LogP contribution in [0.25, 0.3) is 0 Å². The Bertz CT molecular complexity index is 180.